The molecule has 3 N–H and O–H groups in total. The Bertz CT molecular complexity index is 647. The van der Waals surface area contributed by atoms with Crippen LogP contribution in [-0.2, 0) is 0 Å². The van der Waals surface area contributed by atoms with Crippen molar-refractivity contribution in [3.8, 4) is 5.75 Å². The third-order valence-corrected chi connectivity index (χ3v) is 6.62. The molecule has 0 fully saturated rings. The summed E-state index contributed by atoms with van der Waals surface area (Å²) in [5, 5.41) is 11.9. The Labute approximate surface area is 123 Å². The van der Waals surface area contributed by atoms with Crippen molar-refractivity contribution in [3.63, 3.8) is 0 Å². The SMILES string of the molecule is C=Nc1c(C)cc2c(c1O)=C(N)C(I)=C[I-]C=2. The van der Waals surface area contributed by atoms with E-state index in [0.29, 0.717) is 16.6 Å². The molecule has 0 aliphatic carbocycles. The Hall–Kier alpha value is -0.570. The van der Waals surface area contributed by atoms with Gasteiger partial charge < -0.3 is 0 Å². The van der Waals surface area contributed by atoms with Crippen LogP contribution < -0.4 is 37.4 Å². The van der Waals surface area contributed by atoms with Gasteiger partial charge in [-0.1, -0.05) is 0 Å². The van der Waals surface area contributed by atoms with Gasteiger partial charge in [0.25, 0.3) is 0 Å². The van der Waals surface area contributed by atoms with Gasteiger partial charge in [-0.25, -0.2) is 0 Å². The number of hydrogen-bond acceptors (Lipinski definition) is 3. The van der Waals surface area contributed by atoms with Crippen LogP contribution in [0.3, 0.4) is 0 Å². The van der Waals surface area contributed by atoms with Gasteiger partial charge in [0.05, 0.1) is 0 Å². The van der Waals surface area contributed by atoms with Crippen molar-refractivity contribution in [2.45, 2.75) is 6.92 Å². The van der Waals surface area contributed by atoms with Crippen LogP contribution in [0.5, 0.6) is 5.75 Å². The number of hydrogen-bond donors (Lipinski definition) is 2. The standard InChI is InChI=1S/C12H11I2N2O/c1-6-3-7-4-14-5-8(13)10(15)9(7)12(17)11(6)16-2/h3-5,17H,2,15H2,1H3/q-1. The number of rotatable bonds is 1. The maximum absolute atomic E-state index is 10.3. The zero-order chi connectivity index (χ0) is 12.6. The summed E-state index contributed by atoms with van der Waals surface area (Å²) in [6.45, 7) is 5.40. The molecule has 0 saturated carbocycles. The fourth-order valence-corrected chi connectivity index (χ4v) is 4.61. The van der Waals surface area contributed by atoms with Crippen molar-refractivity contribution in [2.75, 3.05) is 0 Å². The molecule has 17 heavy (non-hydrogen) atoms. The van der Waals surface area contributed by atoms with Gasteiger partial charge in [-0.05, 0) is 0 Å². The van der Waals surface area contributed by atoms with Gasteiger partial charge >= 0.3 is 124 Å². The Morgan fingerprint density at radius 2 is 2.18 bits per heavy atom. The second-order valence-corrected chi connectivity index (χ2v) is 6.75. The molecule has 1 aliphatic heterocycles. The molecule has 0 unspecified atom stereocenters. The van der Waals surface area contributed by atoms with E-state index in [-0.39, 0.29) is 27.0 Å². The quantitative estimate of drug-likeness (QED) is 0.391. The summed E-state index contributed by atoms with van der Waals surface area (Å²) in [7, 11) is 0. The summed E-state index contributed by atoms with van der Waals surface area (Å²) in [5.74, 6) is 0.136. The van der Waals surface area contributed by atoms with Crippen LogP contribution >= 0.6 is 22.6 Å². The third-order valence-electron chi connectivity index (χ3n) is 2.52. The van der Waals surface area contributed by atoms with Gasteiger partial charge in [0.15, 0.2) is 0 Å². The number of aromatic hydroxyl groups is 1. The normalized spacial score (nSPS) is 14.9. The molecule has 1 aromatic rings. The number of phenols is 1. The number of aliphatic imine (C=N–C) groups is 1. The van der Waals surface area contributed by atoms with Crippen LogP contribution in [0.2, 0.25) is 0 Å². The summed E-state index contributed by atoms with van der Waals surface area (Å²) in [6.07, 6.45) is 0. The predicted molar refractivity (Wildman–Crippen MR) is 75.5 cm³/mol. The number of benzene rings is 1. The van der Waals surface area contributed by atoms with E-state index in [1.807, 2.05) is 13.0 Å². The predicted octanol–water partition coefficient (Wildman–Crippen LogP) is -1.78. The minimum atomic E-state index is -0.162. The van der Waals surface area contributed by atoms with E-state index >= 15 is 0 Å². The first-order valence-electron chi connectivity index (χ1n) is 4.83. The second-order valence-electron chi connectivity index (χ2n) is 3.62. The molecule has 1 heterocycles. The van der Waals surface area contributed by atoms with Crippen LogP contribution in [0.15, 0.2) is 18.7 Å². The fourth-order valence-electron chi connectivity index (χ4n) is 1.72. The zero-order valence-corrected chi connectivity index (χ0v) is 13.5. The summed E-state index contributed by atoms with van der Waals surface area (Å²) < 4.78 is 5.30. The maximum atomic E-state index is 10.3. The van der Waals surface area contributed by atoms with Gasteiger partial charge in [-0.3, -0.25) is 0 Å². The van der Waals surface area contributed by atoms with E-state index in [1.165, 1.54) is 0 Å². The summed E-state index contributed by atoms with van der Waals surface area (Å²) in [6, 6.07) is 2.01. The number of fused-ring (bicyclic) bond motifs is 1. The molecule has 0 aromatic heterocycles. The van der Waals surface area contributed by atoms with Crippen molar-refractivity contribution in [1.82, 2.24) is 0 Å². The Morgan fingerprint density at radius 1 is 1.47 bits per heavy atom. The molecule has 5 heteroatoms. The Kier molecular flexibility index (Phi) is 3.76. The second kappa shape index (κ2) is 4.97. The Balaban J connectivity index is 3.03. The van der Waals surface area contributed by atoms with Crippen molar-refractivity contribution in [2.24, 2.45) is 10.7 Å². The van der Waals surface area contributed by atoms with Crippen LogP contribution in [0.4, 0.5) is 5.69 Å². The first-order chi connectivity index (χ1) is 8.06. The molecule has 0 bridgehead atoms. The molecule has 0 atom stereocenters. The van der Waals surface area contributed by atoms with Crippen molar-refractivity contribution in [3.05, 3.63) is 29.7 Å². The molecule has 0 saturated heterocycles. The van der Waals surface area contributed by atoms with Crippen molar-refractivity contribution in [1.29, 1.82) is 0 Å². The topological polar surface area (TPSA) is 58.6 Å². The summed E-state index contributed by atoms with van der Waals surface area (Å²) >= 11 is 2.04. The molecular weight excluding hydrogens is 442 g/mol. The van der Waals surface area contributed by atoms with Crippen molar-refractivity contribution >= 4 is 44.8 Å². The molecule has 0 spiro atoms. The Morgan fingerprint density at radius 3 is 2.82 bits per heavy atom. The van der Waals surface area contributed by atoms with Gasteiger partial charge in [0, 0.05) is 0 Å². The van der Waals surface area contributed by atoms with Crippen LogP contribution in [-0.4, -0.2) is 11.8 Å². The van der Waals surface area contributed by atoms with Crippen LogP contribution in [0, 0.1) is 6.92 Å². The monoisotopic (exact) mass is 453 g/mol. The molecule has 90 valence electrons. The molecule has 3 nitrogen and oxygen atoms in total. The van der Waals surface area contributed by atoms with Gasteiger partial charge in [-0.2, -0.15) is 0 Å². The fraction of sp³-hybridized carbons (Fsp3) is 0.0833. The van der Waals surface area contributed by atoms with Crippen LogP contribution in [0.1, 0.15) is 5.56 Å². The van der Waals surface area contributed by atoms with Crippen molar-refractivity contribution < 1.29 is 26.3 Å². The third kappa shape index (κ3) is 2.22. The van der Waals surface area contributed by atoms with E-state index in [0.717, 1.165) is 14.4 Å². The summed E-state index contributed by atoms with van der Waals surface area (Å²) in [4.78, 5) is 3.87. The number of halogens is 2. The number of phenolic OH excluding ortho intramolecular Hbond substituents is 1. The summed E-state index contributed by atoms with van der Waals surface area (Å²) in [5.41, 5.74) is 8.14. The molecule has 1 aromatic carbocycles. The zero-order valence-electron chi connectivity index (χ0n) is 9.17. The first-order valence-corrected chi connectivity index (χ1v) is 8.40. The van der Waals surface area contributed by atoms with E-state index in [1.54, 1.807) is 0 Å². The molecule has 0 radical (unpaired) electrons. The molecule has 0 amide bonds. The number of nitrogens with zero attached hydrogens (tertiary/aromatic N) is 1. The average molecular weight is 453 g/mol. The minimum absolute atomic E-state index is 0.136. The van der Waals surface area contributed by atoms with Gasteiger partial charge in [0.2, 0.25) is 0 Å². The number of nitrogens with two attached hydrogens (primary N) is 1. The molecule has 2 rings (SSSR count). The van der Waals surface area contributed by atoms with E-state index < -0.39 is 0 Å². The average Bonchev–Trinajstić information content (AvgIpc) is 2.40. The first kappa shape index (κ1) is 12.9. The van der Waals surface area contributed by atoms with Gasteiger partial charge in [0.1, 0.15) is 0 Å². The molecule has 1 aliphatic rings. The molecular formula is C12H11I2N2O-. The van der Waals surface area contributed by atoms with E-state index in [9.17, 15) is 5.11 Å². The van der Waals surface area contributed by atoms with E-state index in [4.69, 9.17) is 5.73 Å². The van der Waals surface area contributed by atoms with Crippen LogP contribution in [0.25, 0.3) is 9.78 Å². The van der Waals surface area contributed by atoms with E-state index in [2.05, 4.69) is 42.5 Å². The van der Waals surface area contributed by atoms with Gasteiger partial charge in [-0.15, -0.1) is 0 Å². The number of aryl methyl sites for hydroxylation is 1.